The fraction of sp³-hybridized carbons (Fsp3) is 0.400. The van der Waals surface area contributed by atoms with Crippen LogP contribution in [0.1, 0.15) is 26.2 Å². The van der Waals surface area contributed by atoms with E-state index in [-0.39, 0.29) is 36.7 Å². The van der Waals surface area contributed by atoms with Crippen LogP contribution in [0.5, 0.6) is 5.75 Å². The number of amides is 2. The molecule has 2 amide bonds. The van der Waals surface area contributed by atoms with Gasteiger partial charge in [-0.25, -0.2) is 9.37 Å². The molecule has 2 fully saturated rings. The van der Waals surface area contributed by atoms with Crippen molar-refractivity contribution in [3.05, 3.63) is 48.3 Å². The zero-order valence-electron chi connectivity index (χ0n) is 18.9. The van der Waals surface area contributed by atoms with Crippen molar-refractivity contribution in [3.8, 4) is 5.75 Å². The molecule has 0 saturated carbocycles. The number of benzene rings is 2. The Balaban J connectivity index is 1.41. The summed E-state index contributed by atoms with van der Waals surface area (Å²) in [6.07, 6.45) is 1.90. The van der Waals surface area contributed by atoms with Crippen LogP contribution >= 0.6 is 11.3 Å². The maximum Gasteiger partial charge on any atom is 0.234 e. The molecule has 0 bridgehead atoms. The van der Waals surface area contributed by atoms with Crippen LogP contribution in [0.25, 0.3) is 10.2 Å². The van der Waals surface area contributed by atoms with E-state index in [1.54, 1.807) is 21.9 Å². The molecule has 34 heavy (non-hydrogen) atoms. The molecule has 7 nitrogen and oxygen atoms in total. The van der Waals surface area contributed by atoms with E-state index in [1.165, 1.54) is 23.5 Å². The Kier molecular flexibility index (Phi) is 6.47. The summed E-state index contributed by atoms with van der Waals surface area (Å²) in [5, 5.41) is 0.594. The summed E-state index contributed by atoms with van der Waals surface area (Å²) in [7, 11) is 0. The van der Waals surface area contributed by atoms with Gasteiger partial charge in [-0.1, -0.05) is 11.3 Å². The van der Waals surface area contributed by atoms with Crippen molar-refractivity contribution in [3.63, 3.8) is 0 Å². The molecule has 0 aliphatic carbocycles. The predicted molar refractivity (Wildman–Crippen MR) is 129 cm³/mol. The van der Waals surface area contributed by atoms with Crippen molar-refractivity contribution in [2.24, 2.45) is 5.92 Å². The lowest BCUT2D eigenvalue weighted by atomic mass is 10.1. The molecule has 0 N–H and O–H groups in total. The molecule has 9 heteroatoms. The SMILES string of the molecule is CCOc1ccc2nc(N(CC3CCCO3)C(=O)C3CC(=O)N(c4ccc(F)cc4)C3)sc2c1. The second kappa shape index (κ2) is 9.68. The Labute approximate surface area is 201 Å². The molecule has 2 atom stereocenters. The molecule has 178 valence electrons. The number of hydrogen-bond donors (Lipinski definition) is 0. The molecule has 0 radical (unpaired) electrons. The molecule has 2 aliphatic rings. The van der Waals surface area contributed by atoms with Gasteiger partial charge in [-0.05, 0) is 62.2 Å². The summed E-state index contributed by atoms with van der Waals surface area (Å²) in [6.45, 7) is 3.84. The van der Waals surface area contributed by atoms with E-state index >= 15 is 0 Å². The number of ether oxygens (including phenoxy) is 2. The number of halogens is 1. The molecule has 3 aromatic rings. The maximum atomic E-state index is 13.7. The Morgan fingerprint density at radius 1 is 1.29 bits per heavy atom. The largest absolute Gasteiger partial charge is 0.494 e. The van der Waals surface area contributed by atoms with Gasteiger partial charge >= 0.3 is 0 Å². The molecule has 5 rings (SSSR count). The van der Waals surface area contributed by atoms with Crippen LogP contribution in [0.4, 0.5) is 15.2 Å². The van der Waals surface area contributed by atoms with Gasteiger partial charge in [-0.15, -0.1) is 0 Å². The van der Waals surface area contributed by atoms with E-state index in [2.05, 4.69) is 0 Å². The van der Waals surface area contributed by atoms with Gasteiger partial charge in [0.2, 0.25) is 11.8 Å². The Morgan fingerprint density at radius 2 is 2.12 bits per heavy atom. The highest BCUT2D eigenvalue weighted by molar-refractivity contribution is 7.22. The molecular formula is C25H26FN3O4S. The van der Waals surface area contributed by atoms with Gasteiger partial charge in [0.25, 0.3) is 0 Å². The minimum Gasteiger partial charge on any atom is -0.494 e. The highest BCUT2D eigenvalue weighted by Crippen LogP contribution is 2.35. The summed E-state index contributed by atoms with van der Waals surface area (Å²) in [5.74, 6) is -0.400. The highest BCUT2D eigenvalue weighted by Gasteiger charge is 2.39. The van der Waals surface area contributed by atoms with Crippen molar-refractivity contribution in [2.45, 2.75) is 32.3 Å². The van der Waals surface area contributed by atoms with Crippen molar-refractivity contribution in [1.82, 2.24) is 4.98 Å². The van der Waals surface area contributed by atoms with Gasteiger partial charge in [0.15, 0.2) is 5.13 Å². The number of carbonyl (C=O) groups is 2. The Hall–Kier alpha value is -3.04. The van der Waals surface area contributed by atoms with Gasteiger partial charge in [0.05, 0.1) is 35.4 Å². The predicted octanol–water partition coefficient (Wildman–Crippen LogP) is 4.40. The second-order valence-corrected chi connectivity index (χ2v) is 9.53. The van der Waals surface area contributed by atoms with Gasteiger partial charge in [0.1, 0.15) is 11.6 Å². The third kappa shape index (κ3) is 4.63. The smallest absolute Gasteiger partial charge is 0.234 e. The lowest BCUT2D eigenvalue weighted by Gasteiger charge is -2.25. The van der Waals surface area contributed by atoms with Crippen LogP contribution in [0, 0.1) is 11.7 Å². The summed E-state index contributed by atoms with van der Waals surface area (Å²) in [5.41, 5.74) is 1.39. The monoisotopic (exact) mass is 483 g/mol. The van der Waals surface area contributed by atoms with E-state index in [0.717, 1.165) is 28.8 Å². The van der Waals surface area contributed by atoms with Crippen LogP contribution in [-0.2, 0) is 14.3 Å². The number of anilines is 2. The van der Waals surface area contributed by atoms with E-state index in [4.69, 9.17) is 14.5 Å². The van der Waals surface area contributed by atoms with Gasteiger partial charge < -0.3 is 14.4 Å². The minimum absolute atomic E-state index is 0.0553. The van der Waals surface area contributed by atoms with E-state index in [0.29, 0.717) is 30.6 Å². The minimum atomic E-state index is -0.509. The van der Waals surface area contributed by atoms with Gasteiger partial charge in [-0.3, -0.25) is 14.5 Å². The topological polar surface area (TPSA) is 72.0 Å². The van der Waals surface area contributed by atoms with Gasteiger partial charge in [-0.2, -0.15) is 0 Å². The fourth-order valence-corrected chi connectivity index (χ4v) is 5.49. The number of aromatic nitrogens is 1. The Morgan fingerprint density at radius 3 is 2.85 bits per heavy atom. The average Bonchev–Trinajstić information content (AvgIpc) is 3.57. The molecule has 2 saturated heterocycles. The third-order valence-corrected chi connectivity index (χ3v) is 7.22. The summed E-state index contributed by atoms with van der Waals surface area (Å²) in [6, 6.07) is 11.5. The molecule has 2 aliphatic heterocycles. The second-order valence-electron chi connectivity index (χ2n) is 8.52. The average molecular weight is 484 g/mol. The first-order valence-electron chi connectivity index (χ1n) is 11.5. The summed E-state index contributed by atoms with van der Waals surface area (Å²) in [4.78, 5) is 34.4. The van der Waals surface area contributed by atoms with E-state index in [9.17, 15) is 14.0 Å². The summed E-state index contributed by atoms with van der Waals surface area (Å²) >= 11 is 1.43. The standard InChI is InChI=1S/C25H26FN3O4S/c1-2-32-19-9-10-21-22(13-19)34-25(27-21)29(15-20-4-3-11-33-20)24(31)16-12-23(30)28(14-16)18-7-5-17(26)6-8-18/h5-10,13,16,20H,2-4,11-12,14-15H2,1H3. The quantitative estimate of drug-likeness (QED) is 0.498. The first-order valence-corrected chi connectivity index (χ1v) is 12.4. The van der Waals surface area contributed by atoms with Crippen LogP contribution in [0.15, 0.2) is 42.5 Å². The fourth-order valence-electron chi connectivity index (χ4n) is 4.48. The molecule has 2 aromatic carbocycles. The van der Waals surface area contributed by atoms with Crippen LogP contribution in [0.3, 0.4) is 0 Å². The molecule has 3 heterocycles. The zero-order chi connectivity index (χ0) is 23.7. The van der Waals surface area contributed by atoms with Crippen molar-refractivity contribution < 1.29 is 23.5 Å². The third-order valence-electron chi connectivity index (χ3n) is 6.18. The molecule has 2 unspecified atom stereocenters. The lowest BCUT2D eigenvalue weighted by molar-refractivity contribution is -0.124. The van der Waals surface area contributed by atoms with Crippen molar-refractivity contribution in [2.75, 3.05) is 36.1 Å². The molecular weight excluding hydrogens is 457 g/mol. The maximum absolute atomic E-state index is 13.7. The van der Waals surface area contributed by atoms with Crippen LogP contribution in [-0.4, -0.2) is 49.2 Å². The van der Waals surface area contributed by atoms with Gasteiger partial charge in [0, 0.05) is 25.3 Å². The zero-order valence-corrected chi connectivity index (χ0v) is 19.7. The van der Waals surface area contributed by atoms with Crippen molar-refractivity contribution >= 4 is 44.2 Å². The number of rotatable bonds is 7. The van der Waals surface area contributed by atoms with Crippen molar-refractivity contribution in [1.29, 1.82) is 0 Å². The number of hydrogen-bond acceptors (Lipinski definition) is 6. The summed E-state index contributed by atoms with van der Waals surface area (Å²) < 4.78 is 25.7. The van der Waals surface area contributed by atoms with Crippen LogP contribution < -0.4 is 14.5 Å². The highest BCUT2D eigenvalue weighted by atomic mass is 32.1. The van der Waals surface area contributed by atoms with Crippen LogP contribution in [0.2, 0.25) is 0 Å². The number of fused-ring (bicyclic) bond motifs is 1. The first kappa shape index (κ1) is 22.7. The number of carbonyl (C=O) groups excluding carboxylic acids is 2. The molecule has 0 spiro atoms. The lowest BCUT2D eigenvalue weighted by Crippen LogP contribution is -2.42. The Bertz CT molecular complexity index is 1190. The molecule has 1 aromatic heterocycles. The van der Waals surface area contributed by atoms with E-state index < -0.39 is 5.92 Å². The van der Waals surface area contributed by atoms with E-state index in [1.807, 2.05) is 25.1 Å². The first-order chi connectivity index (χ1) is 16.5. The number of nitrogens with zero attached hydrogens (tertiary/aromatic N) is 3. The number of thiazole rings is 1. The normalized spacial score (nSPS) is 20.3.